The standard InChI is InChI=1S/C14H21NO2/c1-11(2)14(16)9-15(10-14)8-12-6-4-5-7-13(12)17-3/h4-7,11,16H,8-10H2,1-3H3. The molecule has 0 amide bonds. The number of hydrogen-bond acceptors (Lipinski definition) is 3. The van der Waals surface area contributed by atoms with Crippen LogP contribution in [0.25, 0.3) is 0 Å². The molecular formula is C14H21NO2. The van der Waals surface area contributed by atoms with Gasteiger partial charge in [-0.15, -0.1) is 0 Å². The first-order chi connectivity index (χ1) is 8.05. The van der Waals surface area contributed by atoms with Gasteiger partial charge in [0.2, 0.25) is 0 Å². The fourth-order valence-electron chi connectivity index (χ4n) is 2.28. The van der Waals surface area contributed by atoms with Gasteiger partial charge in [0.25, 0.3) is 0 Å². The first-order valence-electron chi connectivity index (χ1n) is 6.12. The molecule has 1 heterocycles. The summed E-state index contributed by atoms with van der Waals surface area (Å²) in [6.45, 7) is 6.49. The highest BCUT2D eigenvalue weighted by Gasteiger charge is 2.43. The average Bonchev–Trinajstić information content (AvgIpc) is 2.27. The van der Waals surface area contributed by atoms with Crippen LogP contribution in [0.1, 0.15) is 19.4 Å². The quantitative estimate of drug-likeness (QED) is 0.865. The van der Waals surface area contributed by atoms with Gasteiger partial charge >= 0.3 is 0 Å². The summed E-state index contributed by atoms with van der Waals surface area (Å²) in [7, 11) is 1.69. The molecule has 0 unspecified atom stereocenters. The van der Waals surface area contributed by atoms with E-state index in [0.717, 1.165) is 25.4 Å². The van der Waals surface area contributed by atoms with E-state index < -0.39 is 5.60 Å². The predicted molar refractivity (Wildman–Crippen MR) is 68.1 cm³/mol. The third-order valence-electron chi connectivity index (χ3n) is 3.66. The fourth-order valence-corrected chi connectivity index (χ4v) is 2.28. The van der Waals surface area contributed by atoms with E-state index in [1.807, 2.05) is 18.2 Å². The van der Waals surface area contributed by atoms with Crippen molar-refractivity contribution in [2.45, 2.75) is 26.0 Å². The minimum atomic E-state index is -0.498. The second kappa shape index (κ2) is 4.67. The Morgan fingerprint density at radius 2 is 2.00 bits per heavy atom. The van der Waals surface area contributed by atoms with E-state index in [4.69, 9.17) is 4.74 Å². The minimum absolute atomic E-state index is 0.316. The third kappa shape index (κ3) is 2.45. The molecular weight excluding hydrogens is 214 g/mol. The highest BCUT2D eigenvalue weighted by Crippen LogP contribution is 2.31. The summed E-state index contributed by atoms with van der Waals surface area (Å²) >= 11 is 0. The number of aliphatic hydroxyl groups is 1. The van der Waals surface area contributed by atoms with Crippen LogP contribution in [0, 0.1) is 5.92 Å². The lowest BCUT2D eigenvalue weighted by Gasteiger charge is -2.49. The number of likely N-dealkylation sites (tertiary alicyclic amines) is 1. The van der Waals surface area contributed by atoms with Crippen LogP contribution in [0.3, 0.4) is 0 Å². The smallest absolute Gasteiger partial charge is 0.123 e. The van der Waals surface area contributed by atoms with Crippen molar-refractivity contribution in [3.63, 3.8) is 0 Å². The molecule has 3 nitrogen and oxygen atoms in total. The minimum Gasteiger partial charge on any atom is -0.496 e. The molecule has 17 heavy (non-hydrogen) atoms. The Labute approximate surface area is 103 Å². The summed E-state index contributed by atoms with van der Waals surface area (Å²) in [5, 5.41) is 10.2. The summed E-state index contributed by atoms with van der Waals surface area (Å²) in [5.41, 5.74) is 0.683. The number of para-hydroxylation sites is 1. The lowest BCUT2D eigenvalue weighted by Crippen LogP contribution is -2.63. The molecule has 94 valence electrons. The molecule has 0 saturated carbocycles. The van der Waals surface area contributed by atoms with Crippen LogP contribution < -0.4 is 4.74 Å². The molecule has 2 rings (SSSR count). The van der Waals surface area contributed by atoms with E-state index in [-0.39, 0.29) is 0 Å². The summed E-state index contributed by atoms with van der Waals surface area (Å²) in [4.78, 5) is 2.25. The van der Waals surface area contributed by atoms with Crippen LogP contribution >= 0.6 is 0 Å². The van der Waals surface area contributed by atoms with Crippen molar-refractivity contribution in [1.29, 1.82) is 0 Å². The molecule has 3 heteroatoms. The monoisotopic (exact) mass is 235 g/mol. The molecule has 0 aromatic heterocycles. The largest absolute Gasteiger partial charge is 0.496 e. The van der Waals surface area contributed by atoms with E-state index in [0.29, 0.717) is 5.92 Å². The molecule has 0 aliphatic carbocycles. The van der Waals surface area contributed by atoms with E-state index >= 15 is 0 Å². The zero-order valence-electron chi connectivity index (χ0n) is 10.8. The van der Waals surface area contributed by atoms with Crippen LogP contribution in [-0.4, -0.2) is 35.8 Å². The van der Waals surface area contributed by atoms with Crippen molar-refractivity contribution in [3.8, 4) is 5.75 Å². The van der Waals surface area contributed by atoms with Crippen molar-refractivity contribution in [3.05, 3.63) is 29.8 Å². The van der Waals surface area contributed by atoms with Crippen LogP contribution in [-0.2, 0) is 6.54 Å². The lowest BCUT2D eigenvalue weighted by atomic mass is 9.83. The molecule has 0 radical (unpaired) electrons. The van der Waals surface area contributed by atoms with Gasteiger partial charge in [-0.2, -0.15) is 0 Å². The molecule has 0 spiro atoms. The SMILES string of the molecule is COc1ccccc1CN1CC(O)(C(C)C)C1. The Kier molecular flexibility index (Phi) is 3.40. The topological polar surface area (TPSA) is 32.7 Å². The maximum absolute atomic E-state index is 10.2. The Hall–Kier alpha value is -1.06. The summed E-state index contributed by atoms with van der Waals surface area (Å²) in [6, 6.07) is 8.05. The Bertz CT molecular complexity index is 384. The zero-order valence-corrected chi connectivity index (χ0v) is 10.8. The van der Waals surface area contributed by atoms with Crippen LogP contribution in [0.15, 0.2) is 24.3 Å². The van der Waals surface area contributed by atoms with Crippen LogP contribution in [0.4, 0.5) is 0 Å². The van der Waals surface area contributed by atoms with Crippen molar-refractivity contribution < 1.29 is 9.84 Å². The van der Waals surface area contributed by atoms with Crippen molar-refractivity contribution >= 4 is 0 Å². The van der Waals surface area contributed by atoms with Crippen LogP contribution in [0.2, 0.25) is 0 Å². The number of nitrogens with zero attached hydrogens (tertiary/aromatic N) is 1. The third-order valence-corrected chi connectivity index (χ3v) is 3.66. The molecule has 1 fully saturated rings. The lowest BCUT2D eigenvalue weighted by molar-refractivity contribution is -0.130. The van der Waals surface area contributed by atoms with Gasteiger partial charge in [0.1, 0.15) is 5.75 Å². The van der Waals surface area contributed by atoms with E-state index in [2.05, 4.69) is 24.8 Å². The summed E-state index contributed by atoms with van der Waals surface area (Å²) in [6.07, 6.45) is 0. The molecule has 1 aliphatic rings. The number of ether oxygens (including phenoxy) is 1. The van der Waals surface area contributed by atoms with Gasteiger partial charge in [-0.1, -0.05) is 32.0 Å². The number of benzene rings is 1. The van der Waals surface area contributed by atoms with Gasteiger partial charge in [0.15, 0.2) is 0 Å². The fraction of sp³-hybridized carbons (Fsp3) is 0.571. The predicted octanol–water partition coefficient (Wildman–Crippen LogP) is 1.90. The first-order valence-corrected chi connectivity index (χ1v) is 6.12. The normalized spacial score (nSPS) is 19.1. The second-order valence-corrected chi connectivity index (χ2v) is 5.22. The molecule has 1 aromatic carbocycles. The molecule has 1 aromatic rings. The van der Waals surface area contributed by atoms with Gasteiger partial charge < -0.3 is 9.84 Å². The van der Waals surface area contributed by atoms with Gasteiger partial charge in [-0.25, -0.2) is 0 Å². The van der Waals surface area contributed by atoms with Crippen molar-refractivity contribution in [1.82, 2.24) is 4.90 Å². The zero-order chi connectivity index (χ0) is 12.5. The molecule has 1 N–H and O–H groups in total. The molecule has 1 aliphatic heterocycles. The first kappa shape index (κ1) is 12.4. The molecule has 0 bridgehead atoms. The molecule has 1 saturated heterocycles. The Balaban J connectivity index is 1.96. The second-order valence-electron chi connectivity index (χ2n) is 5.22. The van der Waals surface area contributed by atoms with E-state index in [1.165, 1.54) is 5.56 Å². The molecule has 0 atom stereocenters. The van der Waals surface area contributed by atoms with E-state index in [9.17, 15) is 5.11 Å². The highest BCUT2D eigenvalue weighted by atomic mass is 16.5. The Morgan fingerprint density at radius 1 is 1.35 bits per heavy atom. The van der Waals surface area contributed by atoms with Crippen molar-refractivity contribution in [2.75, 3.05) is 20.2 Å². The number of rotatable bonds is 4. The number of β-amino-alcohol motifs (C(OH)–C–C–N with tert-alkyl or cyclic N) is 1. The summed E-state index contributed by atoms with van der Waals surface area (Å²) < 4.78 is 5.33. The maximum atomic E-state index is 10.2. The van der Waals surface area contributed by atoms with Gasteiger partial charge in [0.05, 0.1) is 12.7 Å². The maximum Gasteiger partial charge on any atom is 0.123 e. The number of methoxy groups -OCH3 is 1. The Morgan fingerprint density at radius 3 is 2.59 bits per heavy atom. The summed E-state index contributed by atoms with van der Waals surface area (Å²) in [5.74, 6) is 1.24. The average molecular weight is 235 g/mol. The van der Waals surface area contributed by atoms with Gasteiger partial charge in [-0.3, -0.25) is 4.90 Å². The van der Waals surface area contributed by atoms with Crippen molar-refractivity contribution in [2.24, 2.45) is 5.92 Å². The van der Waals surface area contributed by atoms with E-state index in [1.54, 1.807) is 7.11 Å². The van der Waals surface area contributed by atoms with Crippen LogP contribution in [0.5, 0.6) is 5.75 Å². The number of hydrogen-bond donors (Lipinski definition) is 1. The van der Waals surface area contributed by atoms with Gasteiger partial charge in [0, 0.05) is 25.2 Å². The highest BCUT2D eigenvalue weighted by molar-refractivity contribution is 5.33. The van der Waals surface area contributed by atoms with Gasteiger partial charge in [-0.05, 0) is 12.0 Å².